The summed E-state index contributed by atoms with van der Waals surface area (Å²) in [6.45, 7) is 0. The van der Waals surface area contributed by atoms with Crippen molar-refractivity contribution in [2.45, 2.75) is 12.8 Å². The number of pyridine rings is 1. The fourth-order valence-corrected chi connectivity index (χ4v) is 2.13. The summed E-state index contributed by atoms with van der Waals surface area (Å²) >= 11 is 0. The van der Waals surface area contributed by atoms with Gasteiger partial charge in [-0.3, -0.25) is 9.78 Å². The van der Waals surface area contributed by atoms with Gasteiger partial charge in [-0.05, 0) is 24.1 Å². The van der Waals surface area contributed by atoms with Crippen LogP contribution in [0.15, 0.2) is 42.7 Å². The molecule has 1 N–H and O–H groups in total. The molecule has 104 valence electrons. The summed E-state index contributed by atoms with van der Waals surface area (Å²) in [4.78, 5) is 16.9. The second-order valence-electron chi connectivity index (χ2n) is 4.89. The number of carbonyl (C=O) groups is 1. The molecule has 2 rings (SSSR count). The molecule has 4 nitrogen and oxygen atoms in total. The molecular formula is C16H18N2O2. The van der Waals surface area contributed by atoms with E-state index in [4.69, 9.17) is 5.11 Å². The van der Waals surface area contributed by atoms with Crippen LogP contribution in [0.4, 0.5) is 5.69 Å². The first kappa shape index (κ1) is 14.1. The Kier molecular flexibility index (Phi) is 4.35. The van der Waals surface area contributed by atoms with Gasteiger partial charge in [0.1, 0.15) is 0 Å². The lowest BCUT2D eigenvalue weighted by Gasteiger charge is -2.17. The van der Waals surface area contributed by atoms with E-state index in [-0.39, 0.29) is 6.42 Å². The van der Waals surface area contributed by atoms with E-state index in [0.717, 1.165) is 22.4 Å². The summed E-state index contributed by atoms with van der Waals surface area (Å²) in [7, 11) is 4.00. The number of benzene rings is 1. The van der Waals surface area contributed by atoms with Gasteiger partial charge in [0, 0.05) is 49.7 Å². The summed E-state index contributed by atoms with van der Waals surface area (Å²) in [5.41, 5.74) is 4.17. The van der Waals surface area contributed by atoms with Gasteiger partial charge in [-0.2, -0.15) is 0 Å². The van der Waals surface area contributed by atoms with Crippen molar-refractivity contribution in [3.05, 3.63) is 48.3 Å². The van der Waals surface area contributed by atoms with Crippen molar-refractivity contribution < 1.29 is 9.90 Å². The minimum Gasteiger partial charge on any atom is -0.481 e. The lowest BCUT2D eigenvalue weighted by atomic mass is 10.0. The van der Waals surface area contributed by atoms with Crippen molar-refractivity contribution in [3.8, 4) is 11.1 Å². The molecule has 1 aromatic heterocycles. The largest absolute Gasteiger partial charge is 0.481 e. The van der Waals surface area contributed by atoms with E-state index in [1.807, 2.05) is 44.6 Å². The molecule has 0 radical (unpaired) electrons. The zero-order chi connectivity index (χ0) is 14.5. The molecule has 1 aromatic carbocycles. The van der Waals surface area contributed by atoms with Crippen LogP contribution in [0.3, 0.4) is 0 Å². The molecule has 1 heterocycles. The van der Waals surface area contributed by atoms with Gasteiger partial charge in [0.2, 0.25) is 0 Å². The molecule has 4 heteroatoms. The molecule has 0 aliphatic carbocycles. The number of anilines is 1. The van der Waals surface area contributed by atoms with Crippen LogP contribution in [0.1, 0.15) is 12.0 Å². The number of aromatic nitrogens is 1. The third-order valence-electron chi connectivity index (χ3n) is 3.12. The van der Waals surface area contributed by atoms with Gasteiger partial charge in [0.25, 0.3) is 0 Å². The maximum absolute atomic E-state index is 10.6. The number of para-hydroxylation sites is 1. The number of rotatable bonds is 5. The smallest absolute Gasteiger partial charge is 0.303 e. The Morgan fingerprint density at radius 3 is 2.70 bits per heavy atom. The lowest BCUT2D eigenvalue weighted by molar-refractivity contribution is -0.136. The standard InChI is InChI=1S/C16H18N2O2/c1-18(2)15-6-4-3-5-14(15)13-9-12(10-17-11-13)7-8-16(19)20/h3-6,9-11H,7-8H2,1-2H3,(H,19,20). The average Bonchev–Trinajstić information content (AvgIpc) is 2.45. The molecule has 0 unspecified atom stereocenters. The van der Waals surface area contributed by atoms with Crippen LogP contribution < -0.4 is 4.90 Å². The van der Waals surface area contributed by atoms with Gasteiger partial charge in [-0.15, -0.1) is 0 Å². The summed E-state index contributed by atoms with van der Waals surface area (Å²) in [5.74, 6) is -0.788. The number of aryl methyl sites for hydroxylation is 1. The molecule has 0 aliphatic rings. The fraction of sp³-hybridized carbons (Fsp3) is 0.250. The molecule has 0 amide bonds. The van der Waals surface area contributed by atoms with Crippen molar-refractivity contribution in [1.29, 1.82) is 0 Å². The van der Waals surface area contributed by atoms with Gasteiger partial charge < -0.3 is 10.0 Å². The quantitative estimate of drug-likeness (QED) is 0.907. The van der Waals surface area contributed by atoms with Gasteiger partial charge in [-0.25, -0.2) is 0 Å². The predicted octanol–water partition coefficient (Wildman–Crippen LogP) is 2.83. The second-order valence-corrected chi connectivity index (χ2v) is 4.89. The average molecular weight is 270 g/mol. The minimum atomic E-state index is -0.788. The van der Waals surface area contributed by atoms with Gasteiger partial charge >= 0.3 is 5.97 Å². The summed E-state index contributed by atoms with van der Waals surface area (Å²) in [5, 5.41) is 8.75. The predicted molar refractivity (Wildman–Crippen MR) is 80.0 cm³/mol. The van der Waals surface area contributed by atoms with Crippen LogP contribution in [0.5, 0.6) is 0 Å². The van der Waals surface area contributed by atoms with Crippen molar-refractivity contribution >= 4 is 11.7 Å². The van der Waals surface area contributed by atoms with Crippen molar-refractivity contribution in [3.63, 3.8) is 0 Å². The Hall–Kier alpha value is -2.36. The Labute approximate surface area is 118 Å². The molecule has 0 saturated carbocycles. The maximum atomic E-state index is 10.6. The molecule has 0 spiro atoms. The van der Waals surface area contributed by atoms with Crippen LogP contribution in [0.25, 0.3) is 11.1 Å². The third-order valence-corrected chi connectivity index (χ3v) is 3.12. The second kappa shape index (κ2) is 6.19. The molecule has 0 saturated heterocycles. The summed E-state index contributed by atoms with van der Waals surface area (Å²) in [6, 6.07) is 10.1. The fourth-order valence-electron chi connectivity index (χ4n) is 2.13. The monoisotopic (exact) mass is 270 g/mol. The SMILES string of the molecule is CN(C)c1ccccc1-c1cncc(CCC(=O)O)c1. The Morgan fingerprint density at radius 2 is 2.00 bits per heavy atom. The van der Waals surface area contributed by atoms with Crippen LogP contribution >= 0.6 is 0 Å². The summed E-state index contributed by atoms with van der Waals surface area (Å²) in [6.07, 6.45) is 4.16. The number of hydrogen-bond acceptors (Lipinski definition) is 3. The van der Waals surface area contributed by atoms with E-state index in [2.05, 4.69) is 16.0 Å². The number of nitrogens with zero attached hydrogens (tertiary/aromatic N) is 2. The van der Waals surface area contributed by atoms with Gasteiger partial charge in [0.05, 0.1) is 0 Å². The Bertz CT molecular complexity index is 609. The van der Waals surface area contributed by atoms with Crippen LogP contribution in [-0.4, -0.2) is 30.2 Å². The number of hydrogen-bond donors (Lipinski definition) is 1. The molecule has 0 aliphatic heterocycles. The highest BCUT2D eigenvalue weighted by atomic mass is 16.4. The molecular weight excluding hydrogens is 252 g/mol. The molecule has 2 aromatic rings. The zero-order valence-corrected chi connectivity index (χ0v) is 11.7. The number of carboxylic acid groups (broad SMARTS) is 1. The van der Waals surface area contributed by atoms with E-state index in [1.54, 1.807) is 6.20 Å². The van der Waals surface area contributed by atoms with Crippen LogP contribution in [0, 0.1) is 0 Å². The topological polar surface area (TPSA) is 53.4 Å². The third kappa shape index (κ3) is 3.35. The Balaban J connectivity index is 2.33. The first-order valence-electron chi connectivity index (χ1n) is 6.50. The molecule has 0 fully saturated rings. The van der Waals surface area contributed by atoms with E-state index < -0.39 is 5.97 Å². The van der Waals surface area contributed by atoms with Crippen LogP contribution in [-0.2, 0) is 11.2 Å². The first-order valence-corrected chi connectivity index (χ1v) is 6.50. The summed E-state index contributed by atoms with van der Waals surface area (Å²) < 4.78 is 0. The van der Waals surface area contributed by atoms with Gasteiger partial charge in [-0.1, -0.05) is 18.2 Å². The van der Waals surface area contributed by atoms with Crippen molar-refractivity contribution in [2.75, 3.05) is 19.0 Å². The highest BCUT2D eigenvalue weighted by molar-refractivity contribution is 5.78. The van der Waals surface area contributed by atoms with Crippen LogP contribution in [0.2, 0.25) is 0 Å². The normalized spacial score (nSPS) is 10.3. The van der Waals surface area contributed by atoms with Crippen molar-refractivity contribution in [1.82, 2.24) is 4.98 Å². The highest BCUT2D eigenvalue weighted by Gasteiger charge is 2.08. The van der Waals surface area contributed by atoms with E-state index in [0.29, 0.717) is 6.42 Å². The van der Waals surface area contributed by atoms with E-state index in [1.165, 1.54) is 0 Å². The zero-order valence-electron chi connectivity index (χ0n) is 11.7. The minimum absolute atomic E-state index is 0.125. The van der Waals surface area contributed by atoms with Gasteiger partial charge in [0.15, 0.2) is 0 Å². The molecule has 20 heavy (non-hydrogen) atoms. The molecule has 0 bridgehead atoms. The first-order chi connectivity index (χ1) is 9.58. The lowest BCUT2D eigenvalue weighted by Crippen LogP contribution is -2.09. The molecule has 0 atom stereocenters. The highest BCUT2D eigenvalue weighted by Crippen LogP contribution is 2.29. The number of carboxylic acids is 1. The van der Waals surface area contributed by atoms with E-state index in [9.17, 15) is 4.79 Å². The maximum Gasteiger partial charge on any atom is 0.303 e. The number of aliphatic carboxylic acids is 1. The Morgan fingerprint density at radius 1 is 1.25 bits per heavy atom. The van der Waals surface area contributed by atoms with Crippen molar-refractivity contribution in [2.24, 2.45) is 0 Å². The van der Waals surface area contributed by atoms with E-state index >= 15 is 0 Å².